The zero-order valence-corrected chi connectivity index (χ0v) is 10.6. The predicted molar refractivity (Wildman–Crippen MR) is 70.2 cm³/mol. The minimum atomic E-state index is -3.00. The first-order valence-electron chi connectivity index (χ1n) is 5.86. The van der Waals surface area contributed by atoms with Gasteiger partial charge in [0, 0.05) is 0 Å². The van der Waals surface area contributed by atoms with Crippen LogP contribution in [0.2, 0.25) is 0 Å². The summed E-state index contributed by atoms with van der Waals surface area (Å²) in [7, 11) is 0. The predicted octanol–water partition coefficient (Wildman–Crippen LogP) is 3.96. The summed E-state index contributed by atoms with van der Waals surface area (Å²) in [5.41, 5.74) is 2.12. The molecule has 2 aromatic carbocycles. The highest BCUT2D eigenvalue weighted by Gasteiger charge is 2.13. The van der Waals surface area contributed by atoms with Crippen LogP contribution in [0.1, 0.15) is 15.9 Å². The van der Waals surface area contributed by atoms with Crippen molar-refractivity contribution in [2.45, 2.75) is 13.5 Å². The molecule has 0 fully saturated rings. The third-order valence-corrected chi connectivity index (χ3v) is 2.83. The molecule has 0 heterocycles. The van der Waals surface area contributed by atoms with Crippen LogP contribution in [0.5, 0.6) is 5.75 Å². The van der Waals surface area contributed by atoms with Crippen molar-refractivity contribution in [2.24, 2.45) is 0 Å². The summed E-state index contributed by atoms with van der Waals surface area (Å²) in [6.07, 6.45) is 0. The molecule has 0 amide bonds. The zero-order valence-electron chi connectivity index (χ0n) is 10.6. The molecule has 104 valence electrons. The smallest absolute Gasteiger partial charge is 0.387 e. The summed E-state index contributed by atoms with van der Waals surface area (Å²) in [5.74, 6) is -1.36. The van der Waals surface area contributed by atoms with Crippen LogP contribution in [-0.4, -0.2) is 17.7 Å². The molecule has 0 aliphatic rings. The van der Waals surface area contributed by atoms with E-state index in [0.29, 0.717) is 5.56 Å². The topological polar surface area (TPSA) is 46.5 Å². The lowest BCUT2D eigenvalue weighted by Crippen LogP contribution is -2.04. The number of rotatable bonds is 4. The van der Waals surface area contributed by atoms with Gasteiger partial charge in [0.1, 0.15) is 5.75 Å². The summed E-state index contributed by atoms with van der Waals surface area (Å²) in [4.78, 5) is 11.1. The van der Waals surface area contributed by atoms with Gasteiger partial charge in [0.25, 0.3) is 0 Å². The first-order chi connectivity index (χ1) is 9.47. The van der Waals surface area contributed by atoms with Gasteiger partial charge in [-0.15, -0.1) is 0 Å². The number of benzene rings is 2. The highest BCUT2D eigenvalue weighted by Crippen LogP contribution is 2.29. The van der Waals surface area contributed by atoms with E-state index in [2.05, 4.69) is 4.74 Å². The lowest BCUT2D eigenvalue weighted by atomic mass is 9.98. The Morgan fingerprint density at radius 3 is 2.50 bits per heavy atom. The van der Waals surface area contributed by atoms with E-state index in [1.807, 2.05) is 19.1 Å². The van der Waals surface area contributed by atoms with Crippen LogP contribution < -0.4 is 4.74 Å². The maximum atomic E-state index is 12.3. The van der Waals surface area contributed by atoms with Crippen molar-refractivity contribution < 1.29 is 23.4 Å². The molecule has 5 heteroatoms. The number of alkyl halides is 2. The fourth-order valence-electron chi connectivity index (χ4n) is 1.95. The molecule has 0 unspecified atom stereocenters. The molecule has 2 aromatic rings. The number of hydrogen-bond acceptors (Lipinski definition) is 2. The third kappa shape index (κ3) is 3.12. The molecular formula is C15H12F2O3. The number of hydrogen-bond donors (Lipinski definition) is 1. The molecule has 0 bridgehead atoms. The van der Waals surface area contributed by atoms with E-state index in [1.54, 1.807) is 12.1 Å². The molecule has 1 N–H and O–H groups in total. The number of ether oxygens (including phenoxy) is 1. The number of carboxylic acid groups (broad SMARTS) is 1. The molecule has 0 aliphatic heterocycles. The van der Waals surface area contributed by atoms with Crippen molar-refractivity contribution in [3.05, 3.63) is 53.6 Å². The normalized spacial score (nSPS) is 10.6. The van der Waals surface area contributed by atoms with E-state index in [9.17, 15) is 13.6 Å². The van der Waals surface area contributed by atoms with Crippen LogP contribution in [-0.2, 0) is 0 Å². The SMILES string of the molecule is Cc1ccccc1-c1cc(OC(F)F)cc(C(=O)O)c1. The van der Waals surface area contributed by atoms with E-state index in [-0.39, 0.29) is 11.3 Å². The van der Waals surface area contributed by atoms with Crippen molar-refractivity contribution in [3.8, 4) is 16.9 Å². The molecule has 0 atom stereocenters. The van der Waals surface area contributed by atoms with Gasteiger partial charge in [-0.05, 0) is 41.8 Å². The molecule has 0 aliphatic carbocycles. The average molecular weight is 278 g/mol. The van der Waals surface area contributed by atoms with Crippen LogP contribution in [0.25, 0.3) is 11.1 Å². The lowest BCUT2D eigenvalue weighted by Gasteiger charge is -2.11. The number of halogens is 2. The van der Waals surface area contributed by atoms with Crippen LogP contribution in [0.3, 0.4) is 0 Å². The third-order valence-electron chi connectivity index (χ3n) is 2.83. The van der Waals surface area contributed by atoms with Gasteiger partial charge in [-0.25, -0.2) is 4.79 Å². The van der Waals surface area contributed by atoms with Gasteiger partial charge < -0.3 is 9.84 Å². The van der Waals surface area contributed by atoms with Gasteiger partial charge in [0.2, 0.25) is 0 Å². The Morgan fingerprint density at radius 1 is 1.20 bits per heavy atom. The maximum Gasteiger partial charge on any atom is 0.387 e. The molecule has 0 spiro atoms. The highest BCUT2D eigenvalue weighted by atomic mass is 19.3. The molecule has 0 aromatic heterocycles. The standard InChI is InChI=1S/C15H12F2O3/c1-9-4-2-3-5-13(9)10-6-11(14(18)19)8-12(7-10)20-15(16)17/h2-8,15H,1H3,(H,18,19). The van der Waals surface area contributed by atoms with Crippen LogP contribution in [0, 0.1) is 6.92 Å². The van der Waals surface area contributed by atoms with Crippen molar-refractivity contribution in [1.29, 1.82) is 0 Å². The lowest BCUT2D eigenvalue weighted by molar-refractivity contribution is -0.0498. The monoisotopic (exact) mass is 278 g/mol. The summed E-state index contributed by atoms with van der Waals surface area (Å²) in [6, 6.07) is 11.2. The fraction of sp³-hybridized carbons (Fsp3) is 0.133. The Hall–Kier alpha value is -2.43. The Kier molecular flexibility index (Phi) is 3.98. The molecular weight excluding hydrogens is 266 g/mol. The van der Waals surface area contributed by atoms with Gasteiger partial charge in [0.05, 0.1) is 5.56 Å². The van der Waals surface area contributed by atoms with E-state index in [0.717, 1.165) is 17.2 Å². The quantitative estimate of drug-likeness (QED) is 0.920. The van der Waals surface area contributed by atoms with E-state index in [4.69, 9.17) is 5.11 Å². The maximum absolute atomic E-state index is 12.3. The number of aryl methyl sites for hydroxylation is 1. The molecule has 3 nitrogen and oxygen atoms in total. The largest absolute Gasteiger partial charge is 0.478 e. The second-order valence-electron chi connectivity index (χ2n) is 4.24. The van der Waals surface area contributed by atoms with Crippen molar-refractivity contribution >= 4 is 5.97 Å². The Labute approximate surface area is 114 Å². The zero-order chi connectivity index (χ0) is 14.7. The second-order valence-corrected chi connectivity index (χ2v) is 4.24. The highest BCUT2D eigenvalue weighted by molar-refractivity contribution is 5.90. The van der Waals surface area contributed by atoms with Crippen molar-refractivity contribution in [1.82, 2.24) is 0 Å². The average Bonchev–Trinajstić information content (AvgIpc) is 2.38. The van der Waals surface area contributed by atoms with Crippen LogP contribution in [0.15, 0.2) is 42.5 Å². The van der Waals surface area contributed by atoms with Gasteiger partial charge in [-0.2, -0.15) is 8.78 Å². The van der Waals surface area contributed by atoms with E-state index >= 15 is 0 Å². The fourth-order valence-corrected chi connectivity index (χ4v) is 1.95. The number of carboxylic acids is 1. The molecule has 2 rings (SSSR count). The Balaban J connectivity index is 2.55. The van der Waals surface area contributed by atoms with Crippen LogP contribution in [0.4, 0.5) is 8.78 Å². The number of carbonyl (C=O) groups is 1. The summed E-state index contributed by atoms with van der Waals surface area (Å²) in [5, 5.41) is 9.04. The Morgan fingerprint density at radius 2 is 1.90 bits per heavy atom. The molecule has 0 radical (unpaired) electrons. The second kappa shape index (κ2) is 5.69. The summed E-state index contributed by atoms with van der Waals surface area (Å²) >= 11 is 0. The first-order valence-corrected chi connectivity index (χ1v) is 5.86. The summed E-state index contributed by atoms with van der Waals surface area (Å²) in [6.45, 7) is -1.14. The van der Waals surface area contributed by atoms with Crippen molar-refractivity contribution in [2.75, 3.05) is 0 Å². The van der Waals surface area contributed by atoms with E-state index in [1.165, 1.54) is 12.1 Å². The minimum absolute atomic E-state index is 0.0959. The van der Waals surface area contributed by atoms with E-state index < -0.39 is 12.6 Å². The molecule has 20 heavy (non-hydrogen) atoms. The molecule has 0 saturated carbocycles. The van der Waals surface area contributed by atoms with Gasteiger partial charge in [-0.3, -0.25) is 0 Å². The minimum Gasteiger partial charge on any atom is -0.478 e. The van der Waals surface area contributed by atoms with Gasteiger partial charge in [0.15, 0.2) is 0 Å². The van der Waals surface area contributed by atoms with Gasteiger partial charge >= 0.3 is 12.6 Å². The van der Waals surface area contributed by atoms with Gasteiger partial charge in [-0.1, -0.05) is 24.3 Å². The number of aromatic carboxylic acids is 1. The molecule has 0 saturated heterocycles. The Bertz CT molecular complexity index is 639. The van der Waals surface area contributed by atoms with Crippen LogP contribution >= 0.6 is 0 Å². The first kappa shape index (κ1) is 14.0. The summed E-state index contributed by atoms with van der Waals surface area (Å²) < 4.78 is 28.9. The van der Waals surface area contributed by atoms with Crippen molar-refractivity contribution in [3.63, 3.8) is 0 Å².